The molecule has 1 unspecified atom stereocenters. The Labute approximate surface area is 112 Å². The Kier molecular flexibility index (Phi) is 4.14. The Morgan fingerprint density at radius 1 is 1.26 bits per heavy atom. The molecule has 0 heterocycles. The Morgan fingerprint density at radius 3 is 2.63 bits per heavy atom. The first-order valence-corrected chi connectivity index (χ1v) is 6.21. The van der Waals surface area contributed by atoms with Gasteiger partial charge in [-0.25, -0.2) is 0 Å². The van der Waals surface area contributed by atoms with Gasteiger partial charge in [-0.2, -0.15) is 0 Å². The van der Waals surface area contributed by atoms with Crippen LogP contribution >= 0.6 is 0 Å². The molecule has 0 aromatic heterocycles. The van der Waals surface area contributed by atoms with Gasteiger partial charge in [-0.05, 0) is 29.4 Å². The molecular formula is C15H18N2O2. The number of carboxylic acid groups (broad SMARTS) is 1. The molecule has 0 aliphatic rings. The first-order valence-electron chi connectivity index (χ1n) is 6.21. The molecule has 0 saturated carbocycles. The third kappa shape index (κ3) is 3.53. The molecule has 2 aromatic carbocycles. The van der Waals surface area contributed by atoms with Crippen molar-refractivity contribution in [3.8, 4) is 0 Å². The highest BCUT2D eigenvalue weighted by atomic mass is 16.4. The summed E-state index contributed by atoms with van der Waals surface area (Å²) in [6, 6.07) is 13.6. The zero-order valence-corrected chi connectivity index (χ0v) is 10.9. The molecule has 3 N–H and O–H groups in total. The maximum absolute atomic E-state index is 10.7. The van der Waals surface area contributed by atoms with E-state index < -0.39 is 12.0 Å². The molecule has 0 spiro atoms. The van der Waals surface area contributed by atoms with Gasteiger partial charge >= 0.3 is 5.97 Å². The van der Waals surface area contributed by atoms with E-state index in [0.717, 1.165) is 5.56 Å². The number of aliphatic carboxylic acids is 1. The quantitative estimate of drug-likeness (QED) is 0.856. The molecule has 19 heavy (non-hydrogen) atoms. The van der Waals surface area contributed by atoms with Gasteiger partial charge in [0.2, 0.25) is 0 Å². The summed E-state index contributed by atoms with van der Waals surface area (Å²) in [5, 5.41) is 11.2. The summed E-state index contributed by atoms with van der Waals surface area (Å²) in [6.45, 7) is 1.02. The van der Waals surface area contributed by atoms with Crippen LogP contribution in [0.5, 0.6) is 0 Å². The van der Waals surface area contributed by atoms with Crippen molar-refractivity contribution in [1.29, 1.82) is 0 Å². The van der Waals surface area contributed by atoms with E-state index in [0.29, 0.717) is 13.1 Å². The zero-order valence-electron chi connectivity index (χ0n) is 10.9. The molecule has 0 bridgehead atoms. The fourth-order valence-electron chi connectivity index (χ4n) is 2.13. The molecular weight excluding hydrogens is 240 g/mol. The first kappa shape index (κ1) is 13.5. The minimum absolute atomic E-state index is 0.335. The Morgan fingerprint density at radius 2 is 1.95 bits per heavy atom. The molecule has 4 nitrogen and oxygen atoms in total. The van der Waals surface area contributed by atoms with E-state index in [1.807, 2.05) is 24.1 Å². The number of carbonyl (C=O) groups is 1. The lowest BCUT2D eigenvalue weighted by atomic mass is 10.1. The van der Waals surface area contributed by atoms with Crippen molar-refractivity contribution in [2.75, 3.05) is 13.6 Å². The summed E-state index contributed by atoms with van der Waals surface area (Å²) in [5.41, 5.74) is 6.67. The fourth-order valence-corrected chi connectivity index (χ4v) is 2.13. The molecule has 0 saturated heterocycles. The van der Waals surface area contributed by atoms with E-state index in [4.69, 9.17) is 10.8 Å². The maximum Gasteiger partial charge on any atom is 0.321 e. The van der Waals surface area contributed by atoms with Gasteiger partial charge in [0.1, 0.15) is 6.04 Å². The van der Waals surface area contributed by atoms with Crippen molar-refractivity contribution in [3.05, 3.63) is 48.0 Å². The Hall–Kier alpha value is -1.91. The largest absolute Gasteiger partial charge is 0.480 e. The van der Waals surface area contributed by atoms with Crippen LogP contribution in [0.1, 0.15) is 5.56 Å². The van der Waals surface area contributed by atoms with Crippen LogP contribution in [-0.4, -0.2) is 35.6 Å². The van der Waals surface area contributed by atoms with Crippen LogP contribution in [0, 0.1) is 0 Å². The van der Waals surface area contributed by atoms with Crippen molar-refractivity contribution >= 4 is 16.7 Å². The average Bonchev–Trinajstić information content (AvgIpc) is 2.38. The number of hydrogen-bond donors (Lipinski definition) is 2. The Balaban J connectivity index is 2.06. The van der Waals surface area contributed by atoms with E-state index in [1.165, 1.54) is 10.8 Å². The predicted octanol–water partition coefficient (Wildman–Crippen LogP) is 1.68. The first-order chi connectivity index (χ1) is 9.06. The lowest BCUT2D eigenvalue weighted by Gasteiger charge is -2.19. The van der Waals surface area contributed by atoms with Crippen molar-refractivity contribution < 1.29 is 9.90 Å². The number of rotatable bonds is 5. The van der Waals surface area contributed by atoms with E-state index in [2.05, 4.69) is 30.3 Å². The van der Waals surface area contributed by atoms with Crippen molar-refractivity contribution in [2.45, 2.75) is 12.6 Å². The SMILES string of the molecule is CN(Cc1ccc2ccccc2c1)CC(N)C(=O)O. The van der Waals surface area contributed by atoms with Crippen LogP contribution in [0.3, 0.4) is 0 Å². The lowest BCUT2D eigenvalue weighted by Crippen LogP contribution is -2.40. The average molecular weight is 258 g/mol. The smallest absolute Gasteiger partial charge is 0.321 e. The molecule has 100 valence electrons. The third-order valence-electron chi connectivity index (χ3n) is 3.09. The number of hydrogen-bond acceptors (Lipinski definition) is 3. The van der Waals surface area contributed by atoms with E-state index in [-0.39, 0.29) is 0 Å². The number of nitrogens with two attached hydrogens (primary N) is 1. The van der Waals surface area contributed by atoms with Crippen LogP contribution in [0.15, 0.2) is 42.5 Å². The summed E-state index contributed by atoms with van der Waals surface area (Å²) in [4.78, 5) is 12.6. The third-order valence-corrected chi connectivity index (χ3v) is 3.09. The Bertz CT molecular complexity index is 583. The van der Waals surface area contributed by atoms with Crippen LogP contribution in [0.2, 0.25) is 0 Å². The van der Waals surface area contributed by atoms with Crippen molar-refractivity contribution in [1.82, 2.24) is 4.90 Å². The molecule has 4 heteroatoms. The predicted molar refractivity (Wildman–Crippen MR) is 75.9 cm³/mol. The van der Waals surface area contributed by atoms with Crippen LogP contribution in [0.4, 0.5) is 0 Å². The summed E-state index contributed by atoms with van der Waals surface area (Å²) < 4.78 is 0. The summed E-state index contributed by atoms with van der Waals surface area (Å²) in [5.74, 6) is -0.967. The van der Waals surface area contributed by atoms with Gasteiger partial charge in [-0.15, -0.1) is 0 Å². The van der Waals surface area contributed by atoms with Gasteiger partial charge in [-0.1, -0.05) is 36.4 Å². The normalized spacial score (nSPS) is 12.8. The number of likely N-dealkylation sites (N-methyl/N-ethyl adjacent to an activating group) is 1. The fraction of sp³-hybridized carbons (Fsp3) is 0.267. The molecule has 0 aliphatic carbocycles. The number of benzene rings is 2. The van der Waals surface area contributed by atoms with Gasteiger partial charge in [0.05, 0.1) is 0 Å². The highest BCUT2D eigenvalue weighted by Crippen LogP contribution is 2.16. The van der Waals surface area contributed by atoms with Crippen LogP contribution < -0.4 is 5.73 Å². The standard InChI is InChI=1S/C15H18N2O2/c1-17(10-14(16)15(18)19)9-11-6-7-12-4-2-3-5-13(12)8-11/h2-8,14H,9-10,16H2,1H3,(H,18,19). The van der Waals surface area contributed by atoms with Gasteiger partial charge in [-0.3, -0.25) is 9.69 Å². The number of nitrogens with zero attached hydrogens (tertiary/aromatic N) is 1. The van der Waals surface area contributed by atoms with Gasteiger partial charge in [0.25, 0.3) is 0 Å². The van der Waals surface area contributed by atoms with Gasteiger partial charge in [0, 0.05) is 13.1 Å². The molecule has 0 aliphatic heterocycles. The van der Waals surface area contributed by atoms with Gasteiger partial charge in [0.15, 0.2) is 0 Å². The summed E-state index contributed by atoms with van der Waals surface area (Å²) in [7, 11) is 1.87. The highest BCUT2D eigenvalue weighted by molar-refractivity contribution is 5.82. The van der Waals surface area contributed by atoms with Crippen molar-refractivity contribution in [3.63, 3.8) is 0 Å². The van der Waals surface area contributed by atoms with E-state index in [1.54, 1.807) is 0 Å². The molecule has 1 atom stereocenters. The highest BCUT2D eigenvalue weighted by Gasteiger charge is 2.14. The zero-order chi connectivity index (χ0) is 13.8. The number of fused-ring (bicyclic) bond motifs is 1. The number of carboxylic acids is 1. The maximum atomic E-state index is 10.7. The lowest BCUT2D eigenvalue weighted by molar-refractivity contribution is -0.138. The molecule has 2 aromatic rings. The molecule has 0 fully saturated rings. The van der Waals surface area contributed by atoms with Crippen LogP contribution in [0.25, 0.3) is 10.8 Å². The second-order valence-electron chi connectivity index (χ2n) is 4.82. The van der Waals surface area contributed by atoms with Crippen LogP contribution in [-0.2, 0) is 11.3 Å². The summed E-state index contributed by atoms with van der Waals surface area (Å²) >= 11 is 0. The topological polar surface area (TPSA) is 66.6 Å². The summed E-state index contributed by atoms with van der Waals surface area (Å²) in [6.07, 6.45) is 0. The van der Waals surface area contributed by atoms with Gasteiger partial charge < -0.3 is 10.8 Å². The van der Waals surface area contributed by atoms with E-state index in [9.17, 15) is 4.79 Å². The molecule has 0 radical (unpaired) electrons. The minimum Gasteiger partial charge on any atom is -0.480 e. The van der Waals surface area contributed by atoms with E-state index >= 15 is 0 Å². The monoisotopic (exact) mass is 258 g/mol. The molecule has 0 amide bonds. The second-order valence-corrected chi connectivity index (χ2v) is 4.82. The minimum atomic E-state index is -0.967. The second kappa shape index (κ2) is 5.82. The van der Waals surface area contributed by atoms with Crippen molar-refractivity contribution in [2.24, 2.45) is 5.73 Å². The molecule has 2 rings (SSSR count).